The monoisotopic (exact) mass is 478 g/mol. The maximum absolute atomic E-state index is 12.3. The van der Waals surface area contributed by atoms with Crippen LogP contribution in [0.5, 0.6) is 0 Å². The van der Waals surface area contributed by atoms with Gasteiger partial charge in [-0.2, -0.15) is 0 Å². The maximum atomic E-state index is 12.3. The highest BCUT2D eigenvalue weighted by atomic mass is 35.5. The van der Waals surface area contributed by atoms with Crippen molar-refractivity contribution in [2.75, 3.05) is 26.0 Å². The van der Waals surface area contributed by atoms with Gasteiger partial charge in [0.05, 0.1) is 17.7 Å². The molecule has 0 aliphatic heterocycles. The molecule has 170 valence electrons. The molecule has 0 aliphatic rings. The number of nitrogens with one attached hydrogen (secondary N) is 1. The van der Waals surface area contributed by atoms with Gasteiger partial charge in [0.2, 0.25) is 10.0 Å². The Labute approximate surface area is 191 Å². The number of ether oxygens (including phenoxy) is 1. The molecule has 0 fully saturated rings. The van der Waals surface area contributed by atoms with Crippen molar-refractivity contribution in [3.05, 3.63) is 58.3 Å². The quantitative estimate of drug-likeness (QED) is 0.519. The van der Waals surface area contributed by atoms with E-state index in [1.54, 1.807) is 0 Å². The molecular weight excluding hydrogens is 456 g/mol. The first kappa shape index (κ1) is 23.8. The Morgan fingerprint density at radius 3 is 2.50 bits per heavy atom. The number of anilines is 1. The zero-order valence-electron chi connectivity index (χ0n) is 18.1. The summed E-state index contributed by atoms with van der Waals surface area (Å²) in [4.78, 5) is 24.3. The Hall–Kier alpha value is -2.88. The number of fused-ring (bicyclic) bond motifs is 1. The summed E-state index contributed by atoms with van der Waals surface area (Å²) in [6.45, 7) is 3.43. The molecule has 32 heavy (non-hydrogen) atoms. The number of aryl methyl sites for hydroxylation is 2. The summed E-state index contributed by atoms with van der Waals surface area (Å²) in [5.74, 6) is -1.20. The Balaban J connectivity index is 1.62. The number of halogens is 1. The lowest BCUT2D eigenvalue weighted by molar-refractivity contribution is -0.146. The maximum Gasteiger partial charge on any atom is 0.310 e. The van der Waals surface area contributed by atoms with Gasteiger partial charge in [-0.15, -0.1) is 0 Å². The minimum atomic E-state index is -3.79. The van der Waals surface area contributed by atoms with Crippen LogP contribution in [0.2, 0.25) is 5.02 Å². The van der Waals surface area contributed by atoms with Crippen molar-refractivity contribution in [1.29, 1.82) is 0 Å². The van der Waals surface area contributed by atoms with E-state index in [1.165, 1.54) is 38.6 Å². The van der Waals surface area contributed by atoms with Gasteiger partial charge in [0, 0.05) is 30.7 Å². The number of hydrogen-bond donors (Lipinski definition) is 1. The normalized spacial score (nSPS) is 11.7. The second-order valence-corrected chi connectivity index (χ2v) is 10.0. The molecule has 8 nitrogen and oxygen atoms in total. The summed E-state index contributed by atoms with van der Waals surface area (Å²) in [7, 11) is -1.03. The van der Waals surface area contributed by atoms with E-state index in [0.29, 0.717) is 11.1 Å². The second-order valence-electron chi connectivity index (χ2n) is 7.51. The Morgan fingerprint density at radius 2 is 1.81 bits per heavy atom. The highest BCUT2D eigenvalue weighted by Gasteiger charge is 2.22. The standard InChI is InChI=1S/C22H23ClN2O6S/c1-13-7-17-15(11-30-19(17)8-14(13)2)9-22(27)31-12-21(26)24-16-5-6-18(23)20(10-16)32(28,29)25(3)4/h5-8,10-11H,9,12H2,1-4H3,(H,24,26). The van der Waals surface area contributed by atoms with Crippen LogP contribution in [0.25, 0.3) is 11.0 Å². The number of furan rings is 1. The van der Waals surface area contributed by atoms with Crippen molar-refractivity contribution < 1.29 is 27.2 Å². The van der Waals surface area contributed by atoms with Crippen LogP contribution < -0.4 is 5.32 Å². The summed E-state index contributed by atoms with van der Waals surface area (Å²) in [5, 5.41) is 3.35. The van der Waals surface area contributed by atoms with Crippen LogP contribution in [-0.4, -0.2) is 45.3 Å². The average Bonchev–Trinajstić information content (AvgIpc) is 3.09. The Kier molecular flexibility index (Phi) is 6.92. The van der Waals surface area contributed by atoms with Gasteiger partial charge in [-0.1, -0.05) is 11.6 Å². The first-order valence-electron chi connectivity index (χ1n) is 9.64. The SMILES string of the molecule is Cc1cc2occ(CC(=O)OCC(=O)Nc3ccc(Cl)c(S(=O)(=O)N(C)C)c3)c2cc1C. The van der Waals surface area contributed by atoms with E-state index in [2.05, 4.69) is 5.32 Å². The van der Waals surface area contributed by atoms with Crippen LogP contribution in [-0.2, 0) is 30.8 Å². The van der Waals surface area contributed by atoms with Crippen molar-refractivity contribution in [2.45, 2.75) is 25.2 Å². The largest absolute Gasteiger partial charge is 0.464 e. The molecule has 3 aromatic rings. The zero-order valence-corrected chi connectivity index (χ0v) is 19.6. The summed E-state index contributed by atoms with van der Waals surface area (Å²) < 4.78 is 36.3. The molecule has 0 radical (unpaired) electrons. The molecule has 2 aromatic carbocycles. The lowest BCUT2D eigenvalue weighted by atomic mass is 10.0. The molecule has 1 amide bonds. The molecular formula is C22H23ClN2O6S. The third-order valence-electron chi connectivity index (χ3n) is 4.94. The van der Waals surface area contributed by atoms with Gasteiger partial charge in [-0.25, -0.2) is 12.7 Å². The number of sulfonamides is 1. The van der Waals surface area contributed by atoms with Crippen LogP contribution in [0.4, 0.5) is 5.69 Å². The average molecular weight is 479 g/mol. The molecule has 0 unspecified atom stereocenters. The van der Waals surface area contributed by atoms with Gasteiger partial charge in [-0.05, 0) is 55.3 Å². The van der Waals surface area contributed by atoms with Gasteiger partial charge in [-0.3, -0.25) is 9.59 Å². The van der Waals surface area contributed by atoms with Crippen LogP contribution in [0, 0.1) is 13.8 Å². The molecule has 0 saturated heterocycles. The summed E-state index contributed by atoms with van der Waals surface area (Å²) in [5.41, 5.74) is 3.72. The van der Waals surface area contributed by atoms with E-state index in [0.717, 1.165) is 20.8 Å². The molecule has 1 aromatic heterocycles. The first-order chi connectivity index (χ1) is 15.0. The molecule has 1 heterocycles. The van der Waals surface area contributed by atoms with E-state index in [-0.39, 0.29) is 22.0 Å². The third-order valence-corrected chi connectivity index (χ3v) is 7.24. The smallest absolute Gasteiger partial charge is 0.310 e. The Bertz CT molecular complexity index is 1300. The summed E-state index contributed by atoms with van der Waals surface area (Å²) in [6.07, 6.45) is 1.46. The van der Waals surface area contributed by atoms with Crippen LogP contribution >= 0.6 is 11.6 Å². The number of esters is 1. The molecule has 0 atom stereocenters. The molecule has 0 spiro atoms. The lowest BCUT2D eigenvalue weighted by Crippen LogP contribution is -2.24. The first-order valence-corrected chi connectivity index (χ1v) is 11.5. The number of nitrogens with zero attached hydrogens (tertiary/aromatic N) is 1. The zero-order chi connectivity index (χ0) is 23.6. The number of benzene rings is 2. The van der Waals surface area contributed by atoms with Crippen molar-refractivity contribution in [3.8, 4) is 0 Å². The topological polar surface area (TPSA) is 106 Å². The van der Waals surface area contributed by atoms with Gasteiger partial charge in [0.25, 0.3) is 5.91 Å². The van der Waals surface area contributed by atoms with E-state index in [4.69, 9.17) is 20.8 Å². The number of amides is 1. The van der Waals surface area contributed by atoms with Gasteiger partial charge in [0.15, 0.2) is 6.61 Å². The van der Waals surface area contributed by atoms with Crippen LogP contribution in [0.15, 0.2) is 45.9 Å². The number of rotatable bonds is 7. The van der Waals surface area contributed by atoms with Gasteiger partial charge >= 0.3 is 5.97 Å². The van der Waals surface area contributed by atoms with E-state index in [1.807, 2.05) is 26.0 Å². The van der Waals surface area contributed by atoms with Gasteiger partial charge in [0.1, 0.15) is 10.5 Å². The fourth-order valence-electron chi connectivity index (χ4n) is 3.00. The number of carbonyl (C=O) groups excluding carboxylic acids is 2. The van der Waals surface area contributed by atoms with Crippen molar-refractivity contribution in [3.63, 3.8) is 0 Å². The predicted octanol–water partition coefficient (Wildman–Crippen LogP) is 3.68. The summed E-state index contributed by atoms with van der Waals surface area (Å²) >= 11 is 6.00. The molecule has 0 saturated carbocycles. The minimum Gasteiger partial charge on any atom is -0.464 e. The van der Waals surface area contributed by atoms with Gasteiger partial charge < -0.3 is 14.5 Å². The Morgan fingerprint density at radius 1 is 1.12 bits per heavy atom. The minimum absolute atomic E-state index is 0.0286. The third kappa shape index (κ3) is 5.12. The number of hydrogen-bond acceptors (Lipinski definition) is 6. The highest BCUT2D eigenvalue weighted by Crippen LogP contribution is 2.27. The van der Waals surface area contributed by atoms with Crippen LogP contribution in [0.3, 0.4) is 0 Å². The lowest BCUT2D eigenvalue weighted by Gasteiger charge is -2.14. The molecule has 0 aliphatic carbocycles. The van der Waals surface area contributed by atoms with E-state index in [9.17, 15) is 18.0 Å². The fourth-order valence-corrected chi connectivity index (χ4v) is 4.39. The number of carbonyl (C=O) groups is 2. The molecule has 10 heteroatoms. The summed E-state index contributed by atoms with van der Waals surface area (Å²) in [6, 6.07) is 7.93. The van der Waals surface area contributed by atoms with E-state index < -0.39 is 28.5 Å². The molecule has 3 rings (SSSR count). The predicted molar refractivity (Wildman–Crippen MR) is 121 cm³/mol. The highest BCUT2D eigenvalue weighted by molar-refractivity contribution is 7.89. The van der Waals surface area contributed by atoms with Crippen LogP contribution in [0.1, 0.15) is 16.7 Å². The van der Waals surface area contributed by atoms with E-state index >= 15 is 0 Å². The van der Waals surface area contributed by atoms with Crippen molar-refractivity contribution in [2.24, 2.45) is 0 Å². The second kappa shape index (κ2) is 9.32. The molecule has 0 bridgehead atoms. The van der Waals surface area contributed by atoms with Crippen molar-refractivity contribution in [1.82, 2.24) is 4.31 Å². The molecule has 1 N–H and O–H groups in total. The fraction of sp³-hybridized carbons (Fsp3) is 0.273. The van der Waals surface area contributed by atoms with Crippen molar-refractivity contribution >= 4 is 50.2 Å².